The van der Waals surface area contributed by atoms with Gasteiger partial charge in [-0.05, 0) is 11.6 Å². The van der Waals surface area contributed by atoms with Crippen molar-refractivity contribution in [3.8, 4) is 6.07 Å². The number of anilines is 1. The Morgan fingerprint density at radius 2 is 2.31 bits per heavy atom. The van der Waals surface area contributed by atoms with E-state index >= 15 is 0 Å². The summed E-state index contributed by atoms with van der Waals surface area (Å²) in [4.78, 5) is 0. The molecule has 0 heterocycles. The SMILES string of the molecule is N#Cc1c(N)cccc1CS(=O)O. The highest BCUT2D eigenvalue weighted by molar-refractivity contribution is 7.78. The summed E-state index contributed by atoms with van der Waals surface area (Å²) in [6.07, 6.45) is 0. The molecule has 1 aromatic carbocycles. The normalized spacial score (nSPS) is 12.0. The van der Waals surface area contributed by atoms with Gasteiger partial charge in [0.25, 0.3) is 0 Å². The lowest BCUT2D eigenvalue weighted by Crippen LogP contribution is -1.99. The second kappa shape index (κ2) is 4.03. The van der Waals surface area contributed by atoms with Gasteiger partial charge in [0.1, 0.15) is 6.07 Å². The maximum atomic E-state index is 10.5. The minimum Gasteiger partial charge on any atom is -0.398 e. The largest absolute Gasteiger partial charge is 0.398 e. The van der Waals surface area contributed by atoms with Crippen LogP contribution in [0.5, 0.6) is 0 Å². The maximum Gasteiger partial charge on any atom is 0.157 e. The topological polar surface area (TPSA) is 87.1 Å². The first-order valence-electron chi connectivity index (χ1n) is 3.50. The van der Waals surface area contributed by atoms with Crippen molar-refractivity contribution in [2.45, 2.75) is 5.75 Å². The van der Waals surface area contributed by atoms with E-state index in [0.717, 1.165) is 0 Å². The van der Waals surface area contributed by atoms with E-state index in [0.29, 0.717) is 11.3 Å². The standard InChI is InChI=1S/C8H8N2O2S/c9-4-7-6(5-13(11)12)2-1-3-8(7)10/h1-3H,5,10H2,(H,11,12). The Hall–Kier alpha value is -1.38. The molecule has 1 aromatic rings. The first-order valence-corrected chi connectivity index (χ1v) is 4.77. The fraction of sp³-hybridized carbons (Fsp3) is 0.125. The molecule has 1 rings (SSSR count). The molecule has 0 spiro atoms. The Labute approximate surface area is 78.3 Å². The molecule has 13 heavy (non-hydrogen) atoms. The van der Waals surface area contributed by atoms with Crippen LogP contribution in [-0.2, 0) is 16.8 Å². The van der Waals surface area contributed by atoms with Gasteiger partial charge in [0, 0.05) is 5.69 Å². The van der Waals surface area contributed by atoms with Crippen molar-refractivity contribution < 1.29 is 8.76 Å². The van der Waals surface area contributed by atoms with Crippen LogP contribution >= 0.6 is 0 Å². The van der Waals surface area contributed by atoms with Crippen LogP contribution in [0.1, 0.15) is 11.1 Å². The lowest BCUT2D eigenvalue weighted by atomic mass is 10.1. The first kappa shape index (κ1) is 9.71. The highest BCUT2D eigenvalue weighted by Gasteiger charge is 2.07. The minimum absolute atomic E-state index is 0.0616. The van der Waals surface area contributed by atoms with Crippen LogP contribution in [0, 0.1) is 11.3 Å². The van der Waals surface area contributed by atoms with E-state index in [1.807, 2.05) is 6.07 Å². The number of nitrogens with two attached hydrogens (primary N) is 1. The average molecular weight is 196 g/mol. The van der Waals surface area contributed by atoms with Crippen LogP contribution in [-0.4, -0.2) is 8.76 Å². The molecule has 5 heteroatoms. The zero-order valence-corrected chi connectivity index (χ0v) is 7.54. The number of hydrogen-bond donors (Lipinski definition) is 2. The molecule has 4 nitrogen and oxygen atoms in total. The summed E-state index contributed by atoms with van der Waals surface area (Å²) < 4.78 is 19.1. The number of hydrogen-bond acceptors (Lipinski definition) is 3. The summed E-state index contributed by atoms with van der Waals surface area (Å²) in [7, 11) is 0. The van der Waals surface area contributed by atoms with E-state index in [9.17, 15) is 4.21 Å². The van der Waals surface area contributed by atoms with E-state index in [4.69, 9.17) is 15.5 Å². The highest BCUT2D eigenvalue weighted by atomic mass is 32.2. The van der Waals surface area contributed by atoms with Crippen molar-refractivity contribution in [3.63, 3.8) is 0 Å². The molecule has 0 amide bonds. The lowest BCUT2D eigenvalue weighted by Gasteiger charge is -2.02. The van der Waals surface area contributed by atoms with Crippen molar-refractivity contribution in [2.75, 3.05) is 5.73 Å². The summed E-state index contributed by atoms with van der Waals surface area (Å²) >= 11 is -1.94. The van der Waals surface area contributed by atoms with Gasteiger partial charge in [-0.25, -0.2) is 4.21 Å². The predicted molar refractivity (Wildman–Crippen MR) is 50.0 cm³/mol. The molecule has 0 saturated heterocycles. The average Bonchev–Trinajstić information content (AvgIpc) is 2.03. The van der Waals surface area contributed by atoms with Crippen molar-refractivity contribution in [2.24, 2.45) is 0 Å². The van der Waals surface area contributed by atoms with Gasteiger partial charge in [0.05, 0.1) is 11.3 Å². The fourth-order valence-corrected chi connectivity index (χ4v) is 1.52. The molecular weight excluding hydrogens is 188 g/mol. The number of rotatable bonds is 2. The Kier molecular flexibility index (Phi) is 3.01. The van der Waals surface area contributed by atoms with Crippen molar-refractivity contribution in [1.29, 1.82) is 5.26 Å². The molecule has 0 aromatic heterocycles. The van der Waals surface area contributed by atoms with E-state index in [-0.39, 0.29) is 11.3 Å². The van der Waals surface area contributed by atoms with Gasteiger partial charge < -0.3 is 10.3 Å². The van der Waals surface area contributed by atoms with Crippen molar-refractivity contribution in [1.82, 2.24) is 0 Å². The maximum absolute atomic E-state index is 10.5. The second-order valence-corrected chi connectivity index (χ2v) is 3.39. The summed E-state index contributed by atoms with van der Waals surface area (Å²) in [5, 5.41) is 8.70. The molecule has 0 radical (unpaired) electrons. The summed E-state index contributed by atoms with van der Waals surface area (Å²) in [6, 6.07) is 6.75. The van der Waals surface area contributed by atoms with Gasteiger partial charge in [-0.1, -0.05) is 12.1 Å². The molecule has 1 unspecified atom stereocenters. The van der Waals surface area contributed by atoms with E-state index < -0.39 is 11.1 Å². The molecule has 0 fully saturated rings. The second-order valence-electron chi connectivity index (χ2n) is 2.46. The smallest absolute Gasteiger partial charge is 0.157 e. The van der Waals surface area contributed by atoms with Crippen LogP contribution in [0.15, 0.2) is 18.2 Å². The van der Waals surface area contributed by atoms with Crippen LogP contribution in [0.2, 0.25) is 0 Å². The molecule has 0 aliphatic carbocycles. The third kappa shape index (κ3) is 2.28. The molecule has 0 saturated carbocycles. The van der Waals surface area contributed by atoms with Gasteiger partial charge in [-0.3, -0.25) is 0 Å². The molecule has 0 bridgehead atoms. The van der Waals surface area contributed by atoms with Crippen LogP contribution in [0.25, 0.3) is 0 Å². The van der Waals surface area contributed by atoms with Crippen molar-refractivity contribution in [3.05, 3.63) is 29.3 Å². The van der Waals surface area contributed by atoms with Gasteiger partial charge in [-0.2, -0.15) is 5.26 Å². The summed E-state index contributed by atoms with van der Waals surface area (Å²) in [5.41, 5.74) is 6.63. The van der Waals surface area contributed by atoms with Gasteiger partial charge in [0.2, 0.25) is 0 Å². The summed E-state index contributed by atoms with van der Waals surface area (Å²) in [6.45, 7) is 0. The van der Waals surface area contributed by atoms with Gasteiger partial charge in [-0.15, -0.1) is 0 Å². The Balaban J connectivity index is 3.14. The fourth-order valence-electron chi connectivity index (χ4n) is 1.01. The monoisotopic (exact) mass is 196 g/mol. The third-order valence-corrected chi connectivity index (χ3v) is 2.13. The molecular formula is C8H8N2O2S. The zero-order chi connectivity index (χ0) is 9.84. The number of nitrogen functional groups attached to an aromatic ring is 1. The Bertz CT molecular complexity index is 384. The van der Waals surface area contributed by atoms with Crippen LogP contribution in [0.4, 0.5) is 5.69 Å². The Morgan fingerprint density at radius 1 is 1.62 bits per heavy atom. The molecule has 3 N–H and O–H groups in total. The Morgan fingerprint density at radius 3 is 2.85 bits per heavy atom. The quantitative estimate of drug-likeness (QED) is 0.542. The third-order valence-electron chi connectivity index (χ3n) is 1.57. The zero-order valence-electron chi connectivity index (χ0n) is 6.73. The van der Waals surface area contributed by atoms with Crippen LogP contribution in [0.3, 0.4) is 0 Å². The number of benzene rings is 1. The van der Waals surface area contributed by atoms with Crippen molar-refractivity contribution >= 4 is 16.8 Å². The molecule has 0 aliphatic rings. The van der Waals surface area contributed by atoms with Crippen LogP contribution < -0.4 is 5.73 Å². The number of nitriles is 1. The first-order chi connectivity index (χ1) is 6.15. The predicted octanol–water partition coefficient (Wildman–Crippen LogP) is 0.862. The van der Waals surface area contributed by atoms with E-state index in [1.165, 1.54) is 0 Å². The number of nitrogens with zero attached hydrogens (tertiary/aromatic N) is 1. The molecule has 68 valence electrons. The highest BCUT2D eigenvalue weighted by Crippen LogP contribution is 2.16. The van der Waals surface area contributed by atoms with E-state index in [2.05, 4.69) is 0 Å². The minimum atomic E-state index is -1.94. The molecule has 0 aliphatic heterocycles. The van der Waals surface area contributed by atoms with Gasteiger partial charge in [0.15, 0.2) is 11.1 Å². The van der Waals surface area contributed by atoms with E-state index in [1.54, 1.807) is 18.2 Å². The molecule has 1 atom stereocenters. The summed E-state index contributed by atoms with van der Waals surface area (Å²) in [5.74, 6) is -0.0616. The lowest BCUT2D eigenvalue weighted by molar-refractivity contribution is 0.563. The van der Waals surface area contributed by atoms with Gasteiger partial charge >= 0.3 is 0 Å².